The highest BCUT2D eigenvalue weighted by molar-refractivity contribution is 5.36. The van der Waals surface area contributed by atoms with Crippen LogP contribution in [-0.2, 0) is 6.42 Å². The molecule has 6 nitrogen and oxygen atoms in total. The van der Waals surface area contributed by atoms with Crippen molar-refractivity contribution in [2.24, 2.45) is 5.41 Å². The van der Waals surface area contributed by atoms with Gasteiger partial charge in [-0.2, -0.15) is 0 Å². The van der Waals surface area contributed by atoms with Crippen molar-refractivity contribution in [1.29, 1.82) is 0 Å². The molecule has 24 heavy (non-hydrogen) atoms. The Morgan fingerprint density at radius 1 is 0.917 bits per heavy atom. The largest absolute Gasteiger partial charge is 0.340 e. The SMILES string of the molecule is CCc1cnc(N2CCC3(CCCN(c4ncccn4)C3)C2)nc1. The predicted molar refractivity (Wildman–Crippen MR) is 94.2 cm³/mol. The standard InChI is InChI=1S/C18H24N6/c1-2-15-11-21-17(22-12-15)24-10-6-18(14-24)5-3-9-23(13-18)16-19-7-4-8-20-16/h4,7-8,11-12H,2-3,5-6,9-10,13-14H2,1H3. The van der Waals surface area contributed by atoms with E-state index in [1.54, 1.807) is 0 Å². The van der Waals surface area contributed by atoms with Gasteiger partial charge in [0.05, 0.1) is 0 Å². The Bertz CT molecular complexity index is 674. The lowest BCUT2D eigenvalue weighted by molar-refractivity contribution is 0.262. The van der Waals surface area contributed by atoms with Crippen LogP contribution in [-0.4, -0.2) is 46.1 Å². The Hall–Kier alpha value is -2.24. The molecule has 2 fully saturated rings. The van der Waals surface area contributed by atoms with Crippen molar-refractivity contribution in [3.63, 3.8) is 0 Å². The molecule has 0 aromatic carbocycles. The second kappa shape index (κ2) is 6.34. The molecule has 6 heteroatoms. The fraction of sp³-hybridized carbons (Fsp3) is 0.556. The van der Waals surface area contributed by atoms with E-state index >= 15 is 0 Å². The Kier molecular flexibility index (Phi) is 4.04. The number of anilines is 2. The number of aryl methyl sites for hydroxylation is 1. The zero-order chi connectivity index (χ0) is 16.4. The number of hydrogen-bond acceptors (Lipinski definition) is 6. The molecule has 4 heterocycles. The minimum atomic E-state index is 0.310. The summed E-state index contributed by atoms with van der Waals surface area (Å²) >= 11 is 0. The van der Waals surface area contributed by atoms with Gasteiger partial charge in [0.15, 0.2) is 0 Å². The highest BCUT2D eigenvalue weighted by Crippen LogP contribution is 2.40. The van der Waals surface area contributed by atoms with Crippen LogP contribution in [0, 0.1) is 5.41 Å². The Morgan fingerprint density at radius 3 is 2.29 bits per heavy atom. The van der Waals surface area contributed by atoms with Gasteiger partial charge >= 0.3 is 0 Å². The molecular formula is C18H24N6. The van der Waals surface area contributed by atoms with Crippen LogP contribution < -0.4 is 9.80 Å². The Labute approximate surface area is 143 Å². The van der Waals surface area contributed by atoms with Crippen LogP contribution in [0.1, 0.15) is 31.7 Å². The molecule has 2 saturated heterocycles. The monoisotopic (exact) mass is 324 g/mol. The van der Waals surface area contributed by atoms with Gasteiger partial charge in [-0.25, -0.2) is 19.9 Å². The summed E-state index contributed by atoms with van der Waals surface area (Å²) in [5.74, 6) is 1.73. The summed E-state index contributed by atoms with van der Waals surface area (Å²) in [6.07, 6.45) is 12.2. The van der Waals surface area contributed by atoms with Gasteiger partial charge in [-0.05, 0) is 37.3 Å². The third-order valence-corrected chi connectivity index (χ3v) is 5.32. The van der Waals surface area contributed by atoms with Gasteiger partial charge in [0.1, 0.15) is 0 Å². The second-order valence-electron chi connectivity index (χ2n) is 6.99. The molecule has 0 saturated carbocycles. The van der Waals surface area contributed by atoms with Crippen LogP contribution in [0.25, 0.3) is 0 Å². The first-order valence-electron chi connectivity index (χ1n) is 8.86. The van der Waals surface area contributed by atoms with Gasteiger partial charge in [0.2, 0.25) is 11.9 Å². The fourth-order valence-electron chi connectivity index (χ4n) is 3.97. The summed E-state index contributed by atoms with van der Waals surface area (Å²) in [4.78, 5) is 22.7. The van der Waals surface area contributed by atoms with Gasteiger partial charge in [0.25, 0.3) is 0 Å². The van der Waals surface area contributed by atoms with Crippen molar-refractivity contribution in [3.8, 4) is 0 Å². The zero-order valence-corrected chi connectivity index (χ0v) is 14.2. The third kappa shape index (κ3) is 2.92. The third-order valence-electron chi connectivity index (χ3n) is 5.32. The molecule has 0 bridgehead atoms. The molecule has 2 aliphatic rings. The Morgan fingerprint density at radius 2 is 1.58 bits per heavy atom. The van der Waals surface area contributed by atoms with Crippen LogP contribution in [0.5, 0.6) is 0 Å². The van der Waals surface area contributed by atoms with Crippen LogP contribution in [0.3, 0.4) is 0 Å². The van der Waals surface area contributed by atoms with Crippen LogP contribution >= 0.6 is 0 Å². The molecule has 1 unspecified atom stereocenters. The maximum absolute atomic E-state index is 4.56. The van der Waals surface area contributed by atoms with E-state index in [2.05, 4.69) is 36.7 Å². The quantitative estimate of drug-likeness (QED) is 0.864. The summed E-state index contributed by atoms with van der Waals surface area (Å²) in [6.45, 7) is 6.27. The highest BCUT2D eigenvalue weighted by atomic mass is 15.3. The Balaban J connectivity index is 1.48. The minimum absolute atomic E-state index is 0.310. The average molecular weight is 324 g/mol. The maximum Gasteiger partial charge on any atom is 0.225 e. The van der Waals surface area contributed by atoms with E-state index < -0.39 is 0 Å². The summed E-state index contributed by atoms with van der Waals surface area (Å²) in [6, 6.07) is 1.87. The maximum atomic E-state index is 4.56. The molecule has 2 aromatic heterocycles. The lowest BCUT2D eigenvalue weighted by atomic mass is 9.79. The first kappa shape index (κ1) is 15.3. The first-order valence-corrected chi connectivity index (χ1v) is 8.86. The summed E-state index contributed by atoms with van der Waals surface area (Å²) in [5, 5.41) is 0. The lowest BCUT2D eigenvalue weighted by Gasteiger charge is -2.40. The van der Waals surface area contributed by atoms with Gasteiger partial charge < -0.3 is 9.80 Å². The molecule has 0 aliphatic carbocycles. The van der Waals surface area contributed by atoms with Crippen molar-refractivity contribution in [3.05, 3.63) is 36.4 Å². The summed E-state index contributed by atoms with van der Waals surface area (Å²) in [5.41, 5.74) is 1.50. The van der Waals surface area contributed by atoms with Crippen molar-refractivity contribution in [2.45, 2.75) is 32.6 Å². The molecule has 2 aromatic rings. The van der Waals surface area contributed by atoms with Crippen LogP contribution in [0.15, 0.2) is 30.9 Å². The van der Waals surface area contributed by atoms with E-state index in [1.165, 1.54) is 24.8 Å². The van der Waals surface area contributed by atoms with E-state index in [-0.39, 0.29) is 0 Å². The lowest BCUT2D eigenvalue weighted by Crippen LogP contribution is -2.45. The van der Waals surface area contributed by atoms with Crippen LogP contribution in [0.4, 0.5) is 11.9 Å². The molecule has 2 aliphatic heterocycles. The van der Waals surface area contributed by atoms with E-state index in [0.29, 0.717) is 5.41 Å². The number of rotatable bonds is 3. The van der Waals surface area contributed by atoms with Gasteiger partial charge in [0, 0.05) is 56.4 Å². The van der Waals surface area contributed by atoms with Gasteiger partial charge in [-0.1, -0.05) is 6.92 Å². The average Bonchev–Trinajstić information content (AvgIpc) is 3.06. The first-order chi connectivity index (χ1) is 11.8. The highest BCUT2D eigenvalue weighted by Gasteiger charge is 2.42. The smallest absolute Gasteiger partial charge is 0.225 e. The van der Waals surface area contributed by atoms with Gasteiger partial charge in [-0.15, -0.1) is 0 Å². The van der Waals surface area contributed by atoms with Crippen molar-refractivity contribution < 1.29 is 0 Å². The topological polar surface area (TPSA) is 58.0 Å². The predicted octanol–water partition coefficient (Wildman–Crippen LogP) is 2.33. The molecule has 4 rings (SSSR count). The van der Waals surface area contributed by atoms with E-state index in [4.69, 9.17) is 0 Å². The number of aromatic nitrogens is 4. The van der Waals surface area contributed by atoms with Crippen molar-refractivity contribution in [2.75, 3.05) is 36.0 Å². The normalized spacial score (nSPS) is 23.9. The minimum Gasteiger partial charge on any atom is -0.340 e. The molecule has 1 spiro atoms. The van der Waals surface area contributed by atoms with Crippen LogP contribution in [0.2, 0.25) is 0 Å². The zero-order valence-electron chi connectivity index (χ0n) is 14.2. The van der Waals surface area contributed by atoms with E-state index in [0.717, 1.165) is 44.5 Å². The summed E-state index contributed by atoms with van der Waals surface area (Å²) in [7, 11) is 0. The van der Waals surface area contributed by atoms with E-state index in [9.17, 15) is 0 Å². The molecule has 126 valence electrons. The molecule has 0 amide bonds. The van der Waals surface area contributed by atoms with Crippen molar-refractivity contribution in [1.82, 2.24) is 19.9 Å². The number of nitrogens with zero attached hydrogens (tertiary/aromatic N) is 6. The summed E-state index contributed by atoms with van der Waals surface area (Å²) < 4.78 is 0. The number of hydrogen-bond donors (Lipinski definition) is 0. The molecule has 1 atom stereocenters. The fourth-order valence-corrected chi connectivity index (χ4v) is 3.97. The number of piperidine rings is 1. The second-order valence-corrected chi connectivity index (χ2v) is 6.99. The van der Waals surface area contributed by atoms with Crippen molar-refractivity contribution >= 4 is 11.9 Å². The molecule has 0 N–H and O–H groups in total. The van der Waals surface area contributed by atoms with E-state index in [1.807, 2.05) is 30.9 Å². The van der Waals surface area contributed by atoms with Gasteiger partial charge in [-0.3, -0.25) is 0 Å². The molecular weight excluding hydrogens is 300 g/mol. The molecule has 0 radical (unpaired) electrons.